The third-order valence-electron chi connectivity index (χ3n) is 3.19. The van der Waals surface area contributed by atoms with Gasteiger partial charge in [-0.25, -0.2) is 9.37 Å². The number of pyridine rings is 1. The molecule has 0 saturated carbocycles. The Morgan fingerprint density at radius 3 is 2.78 bits per heavy atom. The van der Waals surface area contributed by atoms with Crippen molar-refractivity contribution in [2.45, 2.75) is 19.3 Å². The molecule has 2 heterocycles. The summed E-state index contributed by atoms with van der Waals surface area (Å²) in [6.07, 6.45) is 3.50. The Labute approximate surface area is 110 Å². The number of aromatic nitrogens is 1. The number of nitrogens with two attached hydrogens (primary N) is 1. The van der Waals surface area contributed by atoms with Gasteiger partial charge in [-0.2, -0.15) is 0 Å². The largest absolute Gasteiger partial charge is 0.370 e. The third kappa shape index (κ3) is 3.10. The third-order valence-corrected chi connectivity index (χ3v) is 3.40. The molecule has 1 amide bonds. The number of hydrogen-bond acceptors (Lipinski definition) is 3. The summed E-state index contributed by atoms with van der Waals surface area (Å²) in [6, 6.07) is 1.26. The quantitative estimate of drug-likeness (QED) is 0.914. The molecular formula is C12H15ClFN3O. The van der Waals surface area contributed by atoms with Crippen LogP contribution in [0, 0.1) is 11.7 Å². The number of hydrogen-bond donors (Lipinski definition) is 1. The van der Waals surface area contributed by atoms with E-state index >= 15 is 0 Å². The number of carbonyl (C=O) groups excluding carboxylic acids is 1. The summed E-state index contributed by atoms with van der Waals surface area (Å²) >= 11 is 5.66. The minimum atomic E-state index is -0.407. The molecule has 2 rings (SSSR count). The van der Waals surface area contributed by atoms with E-state index in [0.717, 1.165) is 12.8 Å². The molecule has 1 saturated heterocycles. The lowest BCUT2D eigenvalue weighted by atomic mass is 9.93. The maximum atomic E-state index is 13.7. The molecular weight excluding hydrogens is 257 g/mol. The summed E-state index contributed by atoms with van der Waals surface area (Å²) in [5, 5.41) is 0.292. The minimum Gasteiger partial charge on any atom is -0.370 e. The lowest BCUT2D eigenvalue weighted by Gasteiger charge is -2.32. The molecule has 0 atom stereocenters. The second-order valence-electron chi connectivity index (χ2n) is 4.56. The molecule has 1 aromatic rings. The van der Waals surface area contributed by atoms with Gasteiger partial charge in [-0.15, -0.1) is 0 Å². The molecule has 0 spiro atoms. The van der Waals surface area contributed by atoms with Crippen molar-refractivity contribution in [2.75, 3.05) is 18.0 Å². The lowest BCUT2D eigenvalue weighted by Crippen LogP contribution is -2.36. The summed E-state index contributed by atoms with van der Waals surface area (Å²) in [7, 11) is 0. The van der Waals surface area contributed by atoms with Gasteiger partial charge in [0.15, 0.2) is 11.6 Å². The Bertz CT molecular complexity index is 447. The predicted molar refractivity (Wildman–Crippen MR) is 68.0 cm³/mol. The van der Waals surface area contributed by atoms with E-state index in [9.17, 15) is 9.18 Å². The average Bonchev–Trinajstić information content (AvgIpc) is 2.30. The van der Waals surface area contributed by atoms with Crippen molar-refractivity contribution in [1.29, 1.82) is 0 Å². The van der Waals surface area contributed by atoms with Crippen molar-refractivity contribution >= 4 is 23.3 Å². The highest BCUT2D eigenvalue weighted by Crippen LogP contribution is 2.26. The normalized spacial score (nSPS) is 16.9. The highest BCUT2D eigenvalue weighted by atomic mass is 35.5. The SMILES string of the molecule is NC(=O)CC1CCN(c2ncc(Cl)cc2F)CC1. The number of rotatable bonds is 3. The lowest BCUT2D eigenvalue weighted by molar-refractivity contribution is -0.119. The van der Waals surface area contributed by atoms with Gasteiger partial charge in [0.2, 0.25) is 5.91 Å². The Morgan fingerprint density at radius 1 is 1.56 bits per heavy atom. The summed E-state index contributed by atoms with van der Waals surface area (Å²) in [4.78, 5) is 16.7. The van der Waals surface area contributed by atoms with Gasteiger partial charge in [-0.3, -0.25) is 4.79 Å². The van der Waals surface area contributed by atoms with E-state index in [4.69, 9.17) is 17.3 Å². The van der Waals surface area contributed by atoms with E-state index in [1.54, 1.807) is 0 Å². The molecule has 2 N–H and O–H groups in total. The number of amides is 1. The van der Waals surface area contributed by atoms with Crippen LogP contribution in [0.15, 0.2) is 12.3 Å². The molecule has 6 heteroatoms. The molecule has 4 nitrogen and oxygen atoms in total. The van der Waals surface area contributed by atoms with Gasteiger partial charge < -0.3 is 10.6 Å². The van der Waals surface area contributed by atoms with E-state index in [-0.39, 0.29) is 5.91 Å². The van der Waals surface area contributed by atoms with Gasteiger partial charge in [0.05, 0.1) is 5.02 Å². The average molecular weight is 272 g/mol. The van der Waals surface area contributed by atoms with E-state index in [1.807, 2.05) is 4.90 Å². The van der Waals surface area contributed by atoms with Crippen LogP contribution in [-0.2, 0) is 4.79 Å². The maximum absolute atomic E-state index is 13.7. The van der Waals surface area contributed by atoms with E-state index in [1.165, 1.54) is 12.3 Å². The van der Waals surface area contributed by atoms with Crippen molar-refractivity contribution in [2.24, 2.45) is 11.7 Å². The molecule has 98 valence electrons. The molecule has 1 aliphatic heterocycles. The van der Waals surface area contributed by atoms with Crippen LogP contribution in [0.2, 0.25) is 5.02 Å². The summed E-state index contributed by atoms with van der Waals surface area (Å²) < 4.78 is 13.7. The fourth-order valence-electron chi connectivity index (χ4n) is 2.27. The molecule has 0 radical (unpaired) electrons. The molecule has 0 aromatic carbocycles. The maximum Gasteiger partial charge on any atom is 0.217 e. The van der Waals surface area contributed by atoms with Crippen LogP contribution in [0.5, 0.6) is 0 Å². The van der Waals surface area contributed by atoms with Crippen molar-refractivity contribution in [1.82, 2.24) is 4.98 Å². The minimum absolute atomic E-state index is 0.274. The van der Waals surface area contributed by atoms with Gasteiger partial charge in [-0.1, -0.05) is 11.6 Å². The van der Waals surface area contributed by atoms with Crippen molar-refractivity contribution in [3.8, 4) is 0 Å². The predicted octanol–water partition coefficient (Wildman–Crippen LogP) is 1.97. The topological polar surface area (TPSA) is 59.2 Å². The number of halogens is 2. The second-order valence-corrected chi connectivity index (χ2v) is 5.00. The molecule has 1 aromatic heterocycles. The van der Waals surface area contributed by atoms with E-state index in [2.05, 4.69) is 4.98 Å². The van der Waals surface area contributed by atoms with Crippen LogP contribution in [-0.4, -0.2) is 24.0 Å². The fraction of sp³-hybridized carbons (Fsp3) is 0.500. The first-order chi connectivity index (χ1) is 8.56. The van der Waals surface area contributed by atoms with Crippen LogP contribution in [0.25, 0.3) is 0 Å². The number of nitrogens with zero attached hydrogens (tertiary/aromatic N) is 2. The summed E-state index contributed by atoms with van der Waals surface area (Å²) in [6.45, 7) is 1.37. The molecule has 0 unspecified atom stereocenters. The zero-order chi connectivity index (χ0) is 13.1. The van der Waals surface area contributed by atoms with Gasteiger partial charge in [-0.05, 0) is 24.8 Å². The van der Waals surface area contributed by atoms with Gasteiger partial charge in [0.25, 0.3) is 0 Å². The zero-order valence-corrected chi connectivity index (χ0v) is 10.7. The van der Waals surface area contributed by atoms with Crippen LogP contribution >= 0.6 is 11.6 Å². The Hall–Kier alpha value is -1.36. The highest BCUT2D eigenvalue weighted by Gasteiger charge is 2.23. The van der Waals surface area contributed by atoms with Crippen LogP contribution in [0.1, 0.15) is 19.3 Å². The molecule has 1 fully saturated rings. The smallest absolute Gasteiger partial charge is 0.217 e. The Kier molecular flexibility index (Phi) is 4.01. The van der Waals surface area contributed by atoms with E-state index in [0.29, 0.717) is 36.3 Å². The number of piperidine rings is 1. The van der Waals surface area contributed by atoms with Crippen LogP contribution < -0.4 is 10.6 Å². The van der Waals surface area contributed by atoms with Crippen molar-refractivity contribution in [3.05, 3.63) is 23.1 Å². The van der Waals surface area contributed by atoms with Gasteiger partial charge in [0.1, 0.15) is 0 Å². The second kappa shape index (κ2) is 5.52. The molecule has 0 aliphatic carbocycles. The number of carbonyl (C=O) groups is 1. The molecule has 1 aliphatic rings. The van der Waals surface area contributed by atoms with Crippen molar-refractivity contribution < 1.29 is 9.18 Å². The first-order valence-corrected chi connectivity index (χ1v) is 6.28. The summed E-state index contributed by atoms with van der Waals surface area (Å²) in [5.74, 6) is -0.0499. The number of anilines is 1. The first-order valence-electron chi connectivity index (χ1n) is 5.90. The summed E-state index contributed by atoms with van der Waals surface area (Å²) in [5.41, 5.74) is 5.17. The Balaban J connectivity index is 1.99. The van der Waals surface area contributed by atoms with E-state index < -0.39 is 5.82 Å². The molecule has 18 heavy (non-hydrogen) atoms. The molecule has 0 bridgehead atoms. The monoisotopic (exact) mass is 271 g/mol. The first kappa shape index (κ1) is 13.1. The Morgan fingerprint density at radius 2 is 2.22 bits per heavy atom. The zero-order valence-electron chi connectivity index (χ0n) is 9.90. The van der Waals surface area contributed by atoms with Crippen molar-refractivity contribution in [3.63, 3.8) is 0 Å². The van der Waals surface area contributed by atoms with Gasteiger partial charge in [0, 0.05) is 25.7 Å². The number of primary amides is 1. The van der Waals surface area contributed by atoms with Gasteiger partial charge >= 0.3 is 0 Å². The standard InChI is InChI=1S/C12H15ClFN3O/c13-9-6-10(14)12(16-7-9)17-3-1-8(2-4-17)5-11(15)18/h6-8H,1-5H2,(H2,15,18). The fourth-order valence-corrected chi connectivity index (χ4v) is 2.42. The van der Waals surface area contributed by atoms with Crippen LogP contribution in [0.3, 0.4) is 0 Å². The highest BCUT2D eigenvalue weighted by molar-refractivity contribution is 6.30. The van der Waals surface area contributed by atoms with Crippen LogP contribution in [0.4, 0.5) is 10.2 Å².